The van der Waals surface area contributed by atoms with Gasteiger partial charge in [-0.3, -0.25) is 14.5 Å². The molecule has 2 saturated heterocycles. The van der Waals surface area contributed by atoms with Crippen molar-refractivity contribution >= 4 is 11.8 Å². The van der Waals surface area contributed by atoms with Crippen LogP contribution in [0.5, 0.6) is 0 Å². The van der Waals surface area contributed by atoms with Gasteiger partial charge in [0.25, 0.3) is 0 Å². The zero-order valence-corrected chi connectivity index (χ0v) is 18.0. The Morgan fingerprint density at radius 3 is 2.48 bits per heavy atom. The van der Waals surface area contributed by atoms with Crippen molar-refractivity contribution in [2.75, 3.05) is 53.4 Å². The van der Waals surface area contributed by atoms with E-state index in [4.69, 9.17) is 0 Å². The van der Waals surface area contributed by atoms with Gasteiger partial charge in [-0.05, 0) is 57.3 Å². The van der Waals surface area contributed by atoms with Crippen LogP contribution in [0.25, 0.3) is 0 Å². The third-order valence-corrected chi connectivity index (χ3v) is 6.37. The molecule has 1 atom stereocenters. The molecule has 160 valence electrons. The molecule has 2 aliphatic heterocycles. The highest BCUT2D eigenvalue weighted by molar-refractivity contribution is 5.85. The standard InChI is InChI=1S/C23H36N4O2/c1-25(2)22(28)17-24-23(29)20-9-6-13-27(18-20)21-11-15-26(16-12-21)14-10-19-7-4-3-5-8-19/h3-5,7-8,20-21H,6,9-18H2,1-2H3,(H,24,29). The molecule has 0 saturated carbocycles. The third kappa shape index (κ3) is 6.54. The first-order valence-corrected chi connectivity index (χ1v) is 11.0. The molecule has 0 spiro atoms. The summed E-state index contributed by atoms with van der Waals surface area (Å²) in [7, 11) is 3.42. The molecule has 2 heterocycles. The van der Waals surface area contributed by atoms with Gasteiger partial charge in [0, 0.05) is 33.2 Å². The number of piperidine rings is 2. The monoisotopic (exact) mass is 400 g/mol. The van der Waals surface area contributed by atoms with Crippen LogP contribution in [-0.4, -0.2) is 85.9 Å². The van der Waals surface area contributed by atoms with Gasteiger partial charge in [-0.15, -0.1) is 0 Å². The fourth-order valence-corrected chi connectivity index (χ4v) is 4.46. The number of carbonyl (C=O) groups excluding carboxylic acids is 2. The summed E-state index contributed by atoms with van der Waals surface area (Å²) in [5, 5.41) is 2.83. The molecule has 6 heteroatoms. The molecule has 29 heavy (non-hydrogen) atoms. The minimum Gasteiger partial charge on any atom is -0.347 e. The highest BCUT2D eigenvalue weighted by Crippen LogP contribution is 2.24. The molecular weight excluding hydrogens is 364 g/mol. The van der Waals surface area contributed by atoms with Crippen molar-refractivity contribution in [3.8, 4) is 0 Å². The van der Waals surface area contributed by atoms with Gasteiger partial charge in [-0.25, -0.2) is 0 Å². The van der Waals surface area contributed by atoms with Gasteiger partial charge in [-0.2, -0.15) is 0 Å². The first-order chi connectivity index (χ1) is 14.0. The summed E-state index contributed by atoms with van der Waals surface area (Å²) in [6, 6.07) is 11.3. The van der Waals surface area contributed by atoms with Gasteiger partial charge in [0.1, 0.15) is 0 Å². The highest BCUT2D eigenvalue weighted by atomic mass is 16.2. The Morgan fingerprint density at radius 2 is 1.79 bits per heavy atom. The SMILES string of the molecule is CN(C)C(=O)CNC(=O)C1CCCN(C2CCN(CCc3ccccc3)CC2)C1. The second-order valence-electron chi connectivity index (χ2n) is 8.65. The second-order valence-corrected chi connectivity index (χ2v) is 8.65. The van der Waals surface area contributed by atoms with Gasteiger partial charge in [-0.1, -0.05) is 30.3 Å². The van der Waals surface area contributed by atoms with E-state index in [1.807, 2.05) is 0 Å². The summed E-state index contributed by atoms with van der Waals surface area (Å²) in [5.41, 5.74) is 1.41. The zero-order chi connectivity index (χ0) is 20.6. The topological polar surface area (TPSA) is 55.9 Å². The highest BCUT2D eigenvalue weighted by Gasteiger charge is 2.31. The van der Waals surface area contributed by atoms with E-state index in [0.717, 1.165) is 52.0 Å². The summed E-state index contributed by atoms with van der Waals surface area (Å²) >= 11 is 0. The number of nitrogens with one attached hydrogen (secondary N) is 1. The Balaban J connectivity index is 1.40. The number of benzene rings is 1. The van der Waals surface area contributed by atoms with E-state index in [1.165, 1.54) is 23.3 Å². The minimum absolute atomic E-state index is 0.00909. The number of likely N-dealkylation sites (tertiary alicyclic amines) is 2. The second kappa shape index (κ2) is 10.7. The predicted octanol–water partition coefficient (Wildman–Crippen LogP) is 1.61. The van der Waals surface area contributed by atoms with Crippen molar-refractivity contribution in [2.24, 2.45) is 5.92 Å². The van der Waals surface area contributed by atoms with Crippen LogP contribution >= 0.6 is 0 Å². The van der Waals surface area contributed by atoms with E-state index in [9.17, 15) is 9.59 Å². The van der Waals surface area contributed by atoms with E-state index in [2.05, 4.69) is 45.4 Å². The Hall–Kier alpha value is -1.92. The molecule has 1 aromatic rings. The van der Waals surface area contributed by atoms with Crippen LogP contribution in [0, 0.1) is 5.92 Å². The molecule has 1 N–H and O–H groups in total. The van der Waals surface area contributed by atoms with Gasteiger partial charge in [0.15, 0.2) is 0 Å². The third-order valence-electron chi connectivity index (χ3n) is 6.37. The van der Waals surface area contributed by atoms with Crippen molar-refractivity contribution in [1.82, 2.24) is 20.0 Å². The summed E-state index contributed by atoms with van der Waals surface area (Å²) in [6.07, 6.45) is 5.47. The number of rotatable bonds is 7. The van der Waals surface area contributed by atoms with Crippen molar-refractivity contribution in [3.05, 3.63) is 35.9 Å². The lowest BCUT2D eigenvalue weighted by Gasteiger charge is -2.42. The van der Waals surface area contributed by atoms with Crippen LogP contribution in [0.15, 0.2) is 30.3 Å². The quantitative estimate of drug-likeness (QED) is 0.756. The maximum atomic E-state index is 12.5. The molecule has 0 aliphatic carbocycles. The molecule has 1 aromatic carbocycles. The maximum absolute atomic E-state index is 12.5. The largest absolute Gasteiger partial charge is 0.347 e. The smallest absolute Gasteiger partial charge is 0.241 e. The lowest BCUT2D eigenvalue weighted by molar-refractivity contribution is -0.133. The first kappa shape index (κ1) is 21.8. The number of nitrogens with zero attached hydrogens (tertiary/aromatic N) is 3. The molecule has 2 aliphatic rings. The van der Waals surface area contributed by atoms with E-state index < -0.39 is 0 Å². The van der Waals surface area contributed by atoms with Crippen molar-refractivity contribution < 1.29 is 9.59 Å². The van der Waals surface area contributed by atoms with E-state index in [-0.39, 0.29) is 24.3 Å². The van der Waals surface area contributed by atoms with Crippen LogP contribution in [-0.2, 0) is 16.0 Å². The van der Waals surface area contributed by atoms with Gasteiger partial charge >= 0.3 is 0 Å². The molecule has 2 fully saturated rings. The lowest BCUT2D eigenvalue weighted by Crippen LogP contribution is -2.51. The molecule has 6 nitrogen and oxygen atoms in total. The van der Waals surface area contributed by atoms with Crippen molar-refractivity contribution in [2.45, 2.75) is 38.1 Å². The van der Waals surface area contributed by atoms with Crippen LogP contribution < -0.4 is 5.32 Å². The molecule has 1 unspecified atom stereocenters. The summed E-state index contributed by atoms with van der Waals surface area (Å²) in [5.74, 6) is -0.0195. The molecule has 0 aromatic heterocycles. The number of amides is 2. The fourth-order valence-electron chi connectivity index (χ4n) is 4.46. The van der Waals surface area contributed by atoms with Gasteiger partial charge in [0.05, 0.1) is 12.5 Å². The van der Waals surface area contributed by atoms with Crippen LogP contribution in [0.1, 0.15) is 31.2 Å². The number of hydrogen-bond acceptors (Lipinski definition) is 4. The van der Waals surface area contributed by atoms with E-state index in [0.29, 0.717) is 6.04 Å². The molecule has 0 radical (unpaired) electrons. The maximum Gasteiger partial charge on any atom is 0.241 e. The minimum atomic E-state index is -0.0612. The Kier molecular flexibility index (Phi) is 8.07. The summed E-state index contributed by atoms with van der Waals surface area (Å²) < 4.78 is 0. The summed E-state index contributed by atoms with van der Waals surface area (Å²) in [6.45, 7) is 5.43. The number of hydrogen-bond donors (Lipinski definition) is 1. The van der Waals surface area contributed by atoms with Crippen LogP contribution in [0.2, 0.25) is 0 Å². The lowest BCUT2D eigenvalue weighted by atomic mass is 9.93. The van der Waals surface area contributed by atoms with E-state index >= 15 is 0 Å². The molecule has 3 rings (SSSR count). The van der Waals surface area contributed by atoms with Crippen LogP contribution in [0.4, 0.5) is 0 Å². The first-order valence-electron chi connectivity index (χ1n) is 11.0. The number of likely N-dealkylation sites (N-methyl/N-ethyl adjacent to an activating group) is 1. The number of carbonyl (C=O) groups is 2. The van der Waals surface area contributed by atoms with Crippen molar-refractivity contribution in [1.29, 1.82) is 0 Å². The zero-order valence-electron chi connectivity index (χ0n) is 18.0. The Labute approximate surface area is 175 Å². The fraction of sp³-hybridized carbons (Fsp3) is 0.652. The molecular formula is C23H36N4O2. The van der Waals surface area contributed by atoms with Crippen molar-refractivity contribution in [3.63, 3.8) is 0 Å². The van der Waals surface area contributed by atoms with Gasteiger partial charge < -0.3 is 15.1 Å². The molecule has 2 amide bonds. The predicted molar refractivity (Wildman–Crippen MR) is 116 cm³/mol. The Morgan fingerprint density at radius 1 is 1.07 bits per heavy atom. The Bertz CT molecular complexity index is 656. The summed E-state index contributed by atoms with van der Waals surface area (Å²) in [4.78, 5) is 30.8. The normalized spacial score (nSPS) is 21.7. The average Bonchev–Trinajstić information content (AvgIpc) is 2.77. The van der Waals surface area contributed by atoms with E-state index in [1.54, 1.807) is 14.1 Å². The average molecular weight is 401 g/mol. The molecule has 0 bridgehead atoms. The van der Waals surface area contributed by atoms with Crippen LogP contribution in [0.3, 0.4) is 0 Å². The van der Waals surface area contributed by atoms with Gasteiger partial charge in [0.2, 0.25) is 11.8 Å².